The third-order valence-corrected chi connectivity index (χ3v) is 4.60. The number of hydrogen-bond donors (Lipinski definition) is 1. The molecule has 130 valence electrons. The van der Waals surface area contributed by atoms with Crippen molar-refractivity contribution in [3.05, 3.63) is 41.6 Å². The summed E-state index contributed by atoms with van der Waals surface area (Å²) in [4.78, 5) is 31.0. The summed E-state index contributed by atoms with van der Waals surface area (Å²) in [5.74, 6) is 1.06. The number of nitrogens with zero attached hydrogens (tertiary/aromatic N) is 2. The van der Waals surface area contributed by atoms with E-state index >= 15 is 0 Å². The number of aromatic amines is 1. The normalized spacial score (nSPS) is 15.9. The van der Waals surface area contributed by atoms with Crippen LogP contribution in [0.5, 0.6) is 5.75 Å². The van der Waals surface area contributed by atoms with Crippen molar-refractivity contribution in [2.75, 3.05) is 31.8 Å². The quantitative estimate of drug-likeness (QED) is 0.869. The number of benzene rings is 1. The predicted molar refractivity (Wildman–Crippen MR) is 91.3 cm³/mol. The van der Waals surface area contributed by atoms with Gasteiger partial charge in [0.1, 0.15) is 5.69 Å². The van der Waals surface area contributed by atoms with Crippen molar-refractivity contribution >= 4 is 23.4 Å². The van der Waals surface area contributed by atoms with Crippen LogP contribution in [0.2, 0.25) is 0 Å². The molecule has 7 heteroatoms. The number of nitrogens with one attached hydrogen (secondary N) is 1. The van der Waals surface area contributed by atoms with Crippen molar-refractivity contribution in [1.29, 1.82) is 0 Å². The van der Waals surface area contributed by atoms with Gasteiger partial charge in [0.25, 0.3) is 5.91 Å². The zero-order valence-electron chi connectivity index (χ0n) is 13.9. The maximum Gasteiger partial charge on any atom is 0.337 e. The first kappa shape index (κ1) is 15.6. The first-order valence-corrected chi connectivity index (χ1v) is 8.28. The fraction of sp³-hybridized carbons (Fsp3) is 0.333. The number of carbonyl (C=O) groups is 2. The first-order chi connectivity index (χ1) is 12.2. The molecule has 0 radical (unpaired) electrons. The number of aromatic nitrogens is 1. The molecule has 1 N–H and O–H groups in total. The number of methoxy groups -OCH3 is 1. The van der Waals surface area contributed by atoms with Gasteiger partial charge in [-0.1, -0.05) is 0 Å². The molecule has 3 heterocycles. The number of hydrogen-bond acceptors (Lipinski definition) is 5. The van der Waals surface area contributed by atoms with Gasteiger partial charge in [0.05, 0.1) is 12.7 Å². The Hall–Kier alpha value is -2.96. The molecule has 0 atom stereocenters. The van der Waals surface area contributed by atoms with E-state index < -0.39 is 0 Å². The third kappa shape index (κ3) is 2.71. The van der Waals surface area contributed by atoms with Crippen LogP contribution in [-0.4, -0.2) is 48.7 Å². The van der Waals surface area contributed by atoms with E-state index in [2.05, 4.69) is 4.98 Å². The van der Waals surface area contributed by atoms with Gasteiger partial charge in [0, 0.05) is 24.8 Å². The molecule has 25 heavy (non-hydrogen) atoms. The van der Waals surface area contributed by atoms with Crippen molar-refractivity contribution in [3.63, 3.8) is 0 Å². The average Bonchev–Trinajstić information content (AvgIpc) is 3.37. The average molecular weight is 341 g/mol. The molecule has 1 saturated heterocycles. The summed E-state index contributed by atoms with van der Waals surface area (Å²) >= 11 is 0. The number of H-pyrrole nitrogens is 1. The highest BCUT2D eigenvalue weighted by Gasteiger charge is 2.29. The maximum atomic E-state index is 12.5. The molecule has 0 spiro atoms. The SMILES string of the molecule is COC(=O)c1ccc(N2COc3cc(C(=O)N4CCCC4)[nH]c32)cc1. The summed E-state index contributed by atoms with van der Waals surface area (Å²) in [6.45, 7) is 1.97. The van der Waals surface area contributed by atoms with Crippen LogP contribution in [0.25, 0.3) is 0 Å². The Morgan fingerprint density at radius 2 is 1.88 bits per heavy atom. The largest absolute Gasteiger partial charge is 0.469 e. The van der Waals surface area contributed by atoms with Crippen LogP contribution >= 0.6 is 0 Å². The highest BCUT2D eigenvalue weighted by molar-refractivity contribution is 5.95. The number of esters is 1. The number of rotatable bonds is 3. The van der Waals surface area contributed by atoms with Crippen molar-refractivity contribution in [3.8, 4) is 5.75 Å². The Morgan fingerprint density at radius 1 is 1.16 bits per heavy atom. The van der Waals surface area contributed by atoms with Crippen LogP contribution in [0.3, 0.4) is 0 Å². The number of likely N-dealkylation sites (tertiary alicyclic amines) is 1. The monoisotopic (exact) mass is 341 g/mol. The number of anilines is 2. The minimum absolute atomic E-state index is 0.0106. The second-order valence-corrected chi connectivity index (χ2v) is 6.14. The summed E-state index contributed by atoms with van der Waals surface area (Å²) < 4.78 is 10.4. The van der Waals surface area contributed by atoms with E-state index in [-0.39, 0.29) is 11.9 Å². The Labute approximate surface area is 145 Å². The molecule has 0 unspecified atom stereocenters. The molecule has 2 aliphatic heterocycles. The fourth-order valence-electron chi connectivity index (χ4n) is 3.24. The number of fused-ring (bicyclic) bond motifs is 1. The maximum absolute atomic E-state index is 12.5. The van der Waals surface area contributed by atoms with E-state index in [1.807, 2.05) is 21.9 Å². The van der Waals surface area contributed by atoms with E-state index in [1.165, 1.54) is 7.11 Å². The van der Waals surface area contributed by atoms with Crippen LogP contribution in [-0.2, 0) is 4.74 Å². The lowest BCUT2D eigenvalue weighted by molar-refractivity contribution is 0.0600. The Morgan fingerprint density at radius 3 is 2.56 bits per heavy atom. The lowest BCUT2D eigenvalue weighted by Gasteiger charge is -2.17. The summed E-state index contributed by atoms with van der Waals surface area (Å²) in [6, 6.07) is 8.83. The lowest BCUT2D eigenvalue weighted by Crippen LogP contribution is -2.28. The van der Waals surface area contributed by atoms with Crippen LogP contribution in [0, 0.1) is 0 Å². The Bertz CT molecular complexity index is 806. The molecule has 1 amide bonds. The van der Waals surface area contributed by atoms with Crippen molar-refractivity contribution < 1.29 is 19.1 Å². The fourth-order valence-corrected chi connectivity index (χ4v) is 3.24. The summed E-state index contributed by atoms with van der Waals surface area (Å²) in [5.41, 5.74) is 1.90. The Kier molecular flexibility index (Phi) is 3.83. The molecular formula is C18H19N3O4. The predicted octanol–water partition coefficient (Wildman–Crippen LogP) is 2.53. The summed E-state index contributed by atoms with van der Waals surface area (Å²) in [6.07, 6.45) is 2.11. The van der Waals surface area contributed by atoms with Crippen LogP contribution in [0.1, 0.15) is 33.7 Å². The van der Waals surface area contributed by atoms with E-state index in [1.54, 1.807) is 18.2 Å². The zero-order chi connectivity index (χ0) is 17.4. The van der Waals surface area contributed by atoms with Crippen LogP contribution in [0.15, 0.2) is 30.3 Å². The van der Waals surface area contributed by atoms with Crippen molar-refractivity contribution in [1.82, 2.24) is 9.88 Å². The number of carbonyl (C=O) groups excluding carboxylic acids is 2. The van der Waals surface area contributed by atoms with E-state index in [0.717, 1.165) is 37.4 Å². The van der Waals surface area contributed by atoms with E-state index in [9.17, 15) is 9.59 Å². The van der Waals surface area contributed by atoms with E-state index in [0.29, 0.717) is 23.7 Å². The molecule has 4 rings (SSSR count). The van der Waals surface area contributed by atoms with E-state index in [4.69, 9.17) is 9.47 Å². The molecule has 0 bridgehead atoms. The summed E-state index contributed by atoms with van der Waals surface area (Å²) in [5, 5.41) is 0. The minimum Gasteiger partial charge on any atom is -0.469 e. The van der Waals surface area contributed by atoms with Gasteiger partial charge in [0.15, 0.2) is 18.3 Å². The topological polar surface area (TPSA) is 74.9 Å². The number of ether oxygens (including phenoxy) is 2. The smallest absolute Gasteiger partial charge is 0.337 e. The molecule has 7 nitrogen and oxygen atoms in total. The third-order valence-electron chi connectivity index (χ3n) is 4.60. The van der Waals surface area contributed by atoms with Gasteiger partial charge in [-0.25, -0.2) is 4.79 Å². The van der Waals surface area contributed by atoms with Crippen molar-refractivity contribution in [2.45, 2.75) is 12.8 Å². The molecule has 0 saturated carbocycles. The summed E-state index contributed by atoms with van der Waals surface area (Å²) in [7, 11) is 1.36. The van der Waals surface area contributed by atoms with Gasteiger partial charge in [-0.05, 0) is 37.1 Å². The van der Waals surface area contributed by atoms with Gasteiger partial charge in [-0.3, -0.25) is 9.69 Å². The molecular weight excluding hydrogens is 322 g/mol. The van der Waals surface area contributed by atoms with Gasteiger partial charge in [-0.2, -0.15) is 0 Å². The molecule has 2 aromatic rings. The molecule has 2 aliphatic rings. The number of amides is 1. The van der Waals surface area contributed by atoms with Gasteiger partial charge >= 0.3 is 5.97 Å². The Balaban J connectivity index is 1.57. The van der Waals surface area contributed by atoms with Gasteiger partial charge in [0.2, 0.25) is 0 Å². The second-order valence-electron chi connectivity index (χ2n) is 6.14. The molecule has 1 aromatic heterocycles. The highest BCUT2D eigenvalue weighted by Crippen LogP contribution is 2.39. The first-order valence-electron chi connectivity index (χ1n) is 8.28. The molecule has 0 aliphatic carbocycles. The minimum atomic E-state index is -0.372. The second kappa shape index (κ2) is 6.16. The highest BCUT2D eigenvalue weighted by atomic mass is 16.5. The van der Waals surface area contributed by atoms with Crippen LogP contribution in [0.4, 0.5) is 11.5 Å². The van der Waals surface area contributed by atoms with Gasteiger partial charge in [-0.15, -0.1) is 0 Å². The lowest BCUT2D eigenvalue weighted by atomic mass is 10.2. The van der Waals surface area contributed by atoms with Gasteiger partial charge < -0.3 is 19.4 Å². The molecule has 1 fully saturated rings. The van der Waals surface area contributed by atoms with Crippen molar-refractivity contribution in [2.24, 2.45) is 0 Å². The zero-order valence-corrected chi connectivity index (χ0v) is 13.9. The van der Waals surface area contributed by atoms with Crippen LogP contribution < -0.4 is 9.64 Å². The standard InChI is InChI=1S/C18H19N3O4/c1-24-18(23)12-4-6-13(7-5-12)21-11-25-15-10-14(19-16(15)21)17(22)20-8-2-3-9-20/h4-7,10,19H,2-3,8-9,11H2,1H3. The molecule has 1 aromatic carbocycles.